The number of ether oxygens (including phenoxy) is 1. The van der Waals surface area contributed by atoms with E-state index in [1.807, 2.05) is 24.3 Å². The van der Waals surface area contributed by atoms with Crippen LogP contribution in [0.25, 0.3) is 0 Å². The Hall–Kier alpha value is -2.11. The molecule has 0 amide bonds. The number of nitrogens with one attached hydrogen (secondary N) is 1. The lowest BCUT2D eigenvalue weighted by atomic mass is 10.2. The summed E-state index contributed by atoms with van der Waals surface area (Å²) in [6.45, 7) is 1.63. The molecule has 0 saturated heterocycles. The van der Waals surface area contributed by atoms with Gasteiger partial charge in [0.2, 0.25) is 0 Å². The van der Waals surface area contributed by atoms with Crippen LogP contribution < -0.4 is 16.0 Å². The molecule has 0 fully saturated rings. The van der Waals surface area contributed by atoms with Gasteiger partial charge in [-0.15, -0.1) is 0 Å². The molecule has 106 valence electrons. The fraction of sp³-hybridized carbons (Fsp3) is 0.267. The highest BCUT2D eigenvalue weighted by Crippen LogP contribution is 2.16. The van der Waals surface area contributed by atoms with Crippen molar-refractivity contribution >= 4 is 5.82 Å². The van der Waals surface area contributed by atoms with Gasteiger partial charge in [-0.2, -0.15) is 0 Å². The first kappa shape index (κ1) is 14.3. The van der Waals surface area contributed by atoms with Crippen LogP contribution >= 0.6 is 0 Å². The summed E-state index contributed by atoms with van der Waals surface area (Å²) in [5, 5.41) is 0. The van der Waals surface area contributed by atoms with E-state index < -0.39 is 0 Å². The van der Waals surface area contributed by atoms with Gasteiger partial charge in [0.05, 0.1) is 7.11 Å². The van der Waals surface area contributed by atoms with E-state index in [1.54, 1.807) is 13.3 Å². The maximum Gasteiger partial charge on any atom is 0.144 e. The molecule has 0 aliphatic rings. The van der Waals surface area contributed by atoms with Crippen molar-refractivity contribution in [2.45, 2.75) is 13.1 Å². The second kappa shape index (κ2) is 6.88. The first-order valence-electron chi connectivity index (χ1n) is 6.45. The lowest BCUT2D eigenvalue weighted by molar-refractivity contribution is 0.319. The van der Waals surface area contributed by atoms with Crippen LogP contribution in [0.2, 0.25) is 0 Å². The van der Waals surface area contributed by atoms with Crippen LogP contribution in [-0.4, -0.2) is 24.0 Å². The van der Waals surface area contributed by atoms with E-state index in [4.69, 9.17) is 10.6 Å². The average Bonchev–Trinajstić information content (AvgIpc) is 2.48. The number of aromatic nitrogens is 1. The topological polar surface area (TPSA) is 63.4 Å². The number of nitrogen functional groups attached to an aromatic ring is 1. The third-order valence-corrected chi connectivity index (χ3v) is 3.08. The third kappa shape index (κ3) is 3.69. The van der Waals surface area contributed by atoms with Gasteiger partial charge in [-0.25, -0.2) is 10.8 Å². The van der Waals surface area contributed by atoms with Crippen LogP contribution in [0.1, 0.15) is 11.1 Å². The van der Waals surface area contributed by atoms with Crippen molar-refractivity contribution in [3.05, 3.63) is 53.7 Å². The number of anilines is 1. The number of nitrogens with two attached hydrogens (primary N) is 1. The molecule has 0 atom stereocenters. The maximum absolute atomic E-state index is 5.47. The molecule has 2 rings (SSSR count). The summed E-state index contributed by atoms with van der Waals surface area (Å²) in [5.74, 6) is 7.06. The van der Waals surface area contributed by atoms with Crippen LogP contribution in [0.15, 0.2) is 42.6 Å². The Morgan fingerprint density at radius 3 is 2.60 bits per heavy atom. The molecule has 1 aromatic carbocycles. The SMILES string of the molecule is COc1ccc(CN(C)Cc2cccnc2NN)cc1. The largest absolute Gasteiger partial charge is 0.497 e. The predicted molar refractivity (Wildman–Crippen MR) is 80.2 cm³/mol. The van der Waals surface area contributed by atoms with Gasteiger partial charge >= 0.3 is 0 Å². The summed E-state index contributed by atoms with van der Waals surface area (Å²) in [7, 11) is 3.74. The van der Waals surface area contributed by atoms with Crippen LogP contribution in [-0.2, 0) is 13.1 Å². The molecular formula is C15H20N4O. The van der Waals surface area contributed by atoms with Gasteiger partial charge in [0.15, 0.2) is 0 Å². The smallest absolute Gasteiger partial charge is 0.144 e. The van der Waals surface area contributed by atoms with Crippen LogP contribution in [0, 0.1) is 0 Å². The zero-order valence-corrected chi connectivity index (χ0v) is 11.8. The van der Waals surface area contributed by atoms with E-state index >= 15 is 0 Å². The Kier molecular flexibility index (Phi) is 4.92. The number of methoxy groups -OCH3 is 1. The second-order valence-corrected chi connectivity index (χ2v) is 4.68. The molecule has 1 heterocycles. The van der Waals surface area contributed by atoms with E-state index in [1.165, 1.54) is 5.56 Å². The zero-order valence-electron chi connectivity index (χ0n) is 11.8. The number of benzene rings is 1. The van der Waals surface area contributed by atoms with Crippen LogP contribution in [0.4, 0.5) is 5.82 Å². The summed E-state index contributed by atoms with van der Waals surface area (Å²) in [6, 6.07) is 12.0. The Morgan fingerprint density at radius 2 is 1.95 bits per heavy atom. The highest BCUT2D eigenvalue weighted by atomic mass is 16.5. The Labute approximate surface area is 119 Å². The standard InChI is InChI=1S/C15H20N4O/c1-19(10-12-5-7-14(20-2)8-6-12)11-13-4-3-9-17-15(13)18-16/h3-9H,10-11,16H2,1-2H3,(H,17,18). The molecule has 20 heavy (non-hydrogen) atoms. The minimum atomic E-state index is 0.717. The van der Waals surface area contributed by atoms with Crippen molar-refractivity contribution in [2.75, 3.05) is 19.6 Å². The molecule has 1 aromatic heterocycles. The van der Waals surface area contributed by atoms with Crippen molar-refractivity contribution < 1.29 is 4.74 Å². The van der Waals surface area contributed by atoms with Crippen molar-refractivity contribution in [3.63, 3.8) is 0 Å². The van der Waals surface area contributed by atoms with Gasteiger partial charge in [0.1, 0.15) is 11.6 Å². The molecule has 0 aliphatic heterocycles. The molecule has 5 heteroatoms. The number of pyridine rings is 1. The molecule has 0 radical (unpaired) electrons. The summed E-state index contributed by atoms with van der Waals surface area (Å²) in [4.78, 5) is 6.41. The molecule has 0 spiro atoms. The highest BCUT2D eigenvalue weighted by Gasteiger charge is 2.06. The quantitative estimate of drug-likeness (QED) is 0.622. The molecule has 0 saturated carbocycles. The minimum absolute atomic E-state index is 0.717. The van der Waals surface area contributed by atoms with E-state index in [9.17, 15) is 0 Å². The van der Waals surface area contributed by atoms with Gasteiger partial charge in [-0.3, -0.25) is 4.90 Å². The maximum atomic E-state index is 5.47. The van der Waals surface area contributed by atoms with Gasteiger partial charge in [-0.1, -0.05) is 18.2 Å². The number of hydrogen-bond acceptors (Lipinski definition) is 5. The molecule has 0 aliphatic carbocycles. The fourth-order valence-corrected chi connectivity index (χ4v) is 2.09. The van der Waals surface area contributed by atoms with E-state index in [0.29, 0.717) is 5.82 Å². The summed E-state index contributed by atoms with van der Waals surface area (Å²) in [6.07, 6.45) is 1.72. The van der Waals surface area contributed by atoms with Gasteiger partial charge < -0.3 is 10.2 Å². The summed E-state index contributed by atoms with van der Waals surface area (Å²) in [5.41, 5.74) is 4.94. The normalized spacial score (nSPS) is 10.6. The van der Waals surface area contributed by atoms with Crippen molar-refractivity contribution in [2.24, 2.45) is 5.84 Å². The number of nitrogens with zero attached hydrogens (tertiary/aromatic N) is 2. The lowest BCUT2D eigenvalue weighted by Crippen LogP contribution is -2.19. The number of rotatable bonds is 6. The predicted octanol–water partition coefficient (Wildman–Crippen LogP) is 2.01. The molecule has 0 unspecified atom stereocenters. The van der Waals surface area contributed by atoms with Gasteiger partial charge in [-0.05, 0) is 30.8 Å². The van der Waals surface area contributed by atoms with Crippen molar-refractivity contribution in [1.82, 2.24) is 9.88 Å². The molecule has 2 aromatic rings. The van der Waals surface area contributed by atoms with Crippen molar-refractivity contribution in [1.29, 1.82) is 0 Å². The lowest BCUT2D eigenvalue weighted by Gasteiger charge is -2.18. The minimum Gasteiger partial charge on any atom is -0.497 e. The second-order valence-electron chi connectivity index (χ2n) is 4.68. The van der Waals surface area contributed by atoms with E-state index in [0.717, 1.165) is 24.4 Å². The monoisotopic (exact) mass is 272 g/mol. The zero-order chi connectivity index (χ0) is 14.4. The number of hydrogen-bond donors (Lipinski definition) is 2. The summed E-state index contributed by atoms with van der Waals surface area (Å²) >= 11 is 0. The average molecular weight is 272 g/mol. The van der Waals surface area contributed by atoms with Crippen LogP contribution in [0.3, 0.4) is 0 Å². The fourth-order valence-electron chi connectivity index (χ4n) is 2.09. The third-order valence-electron chi connectivity index (χ3n) is 3.08. The molecule has 0 bridgehead atoms. The summed E-state index contributed by atoms with van der Waals surface area (Å²) < 4.78 is 5.16. The molecular weight excluding hydrogens is 252 g/mol. The molecule has 3 N–H and O–H groups in total. The Balaban J connectivity index is 1.99. The van der Waals surface area contributed by atoms with Gasteiger partial charge in [0, 0.05) is 24.8 Å². The Morgan fingerprint density at radius 1 is 1.20 bits per heavy atom. The van der Waals surface area contributed by atoms with E-state index in [2.05, 4.69) is 34.5 Å². The number of hydrazine groups is 1. The van der Waals surface area contributed by atoms with E-state index in [-0.39, 0.29) is 0 Å². The van der Waals surface area contributed by atoms with Gasteiger partial charge in [0.25, 0.3) is 0 Å². The first-order chi connectivity index (χ1) is 9.72. The Bertz CT molecular complexity index is 542. The molecule has 5 nitrogen and oxygen atoms in total. The first-order valence-corrected chi connectivity index (χ1v) is 6.45. The van der Waals surface area contributed by atoms with Crippen molar-refractivity contribution in [3.8, 4) is 5.75 Å². The highest BCUT2D eigenvalue weighted by molar-refractivity contribution is 5.42. The van der Waals surface area contributed by atoms with Crippen LogP contribution in [0.5, 0.6) is 5.75 Å².